The summed E-state index contributed by atoms with van der Waals surface area (Å²) >= 11 is 0. The first-order valence-electron chi connectivity index (χ1n) is 6.80. The third kappa shape index (κ3) is 3.04. The van der Waals surface area contributed by atoms with Gasteiger partial charge in [0, 0.05) is 24.5 Å². The highest BCUT2D eigenvalue weighted by Crippen LogP contribution is 2.26. The number of nitrogens with one attached hydrogen (secondary N) is 1. The van der Waals surface area contributed by atoms with Crippen molar-refractivity contribution in [3.05, 3.63) is 23.5 Å². The number of carbonyl (C=O) groups is 1. The van der Waals surface area contributed by atoms with Crippen molar-refractivity contribution >= 4 is 11.7 Å². The maximum Gasteiger partial charge on any atom is 0.339 e. The standard InChI is InChI=1S/C14H21N3O2/c1-3-17(11-4-6-15-7-5-11)13-8-10(2)16-9-12(13)14(18)19/h8-9,11,15H,3-7H2,1-2H3,(H,18,19). The number of carboxylic acid groups (broad SMARTS) is 1. The summed E-state index contributed by atoms with van der Waals surface area (Å²) in [4.78, 5) is 17.7. The second kappa shape index (κ2) is 6.02. The molecule has 0 unspecified atom stereocenters. The van der Waals surface area contributed by atoms with Crippen molar-refractivity contribution in [1.82, 2.24) is 10.3 Å². The van der Waals surface area contributed by atoms with Gasteiger partial charge in [-0.2, -0.15) is 0 Å². The summed E-state index contributed by atoms with van der Waals surface area (Å²) in [6, 6.07) is 2.29. The van der Waals surface area contributed by atoms with Gasteiger partial charge in [-0.1, -0.05) is 0 Å². The summed E-state index contributed by atoms with van der Waals surface area (Å²) in [7, 11) is 0. The quantitative estimate of drug-likeness (QED) is 0.865. The first-order valence-corrected chi connectivity index (χ1v) is 6.80. The fourth-order valence-electron chi connectivity index (χ4n) is 2.69. The van der Waals surface area contributed by atoms with Gasteiger partial charge in [0.25, 0.3) is 0 Å². The van der Waals surface area contributed by atoms with E-state index >= 15 is 0 Å². The molecule has 0 atom stereocenters. The van der Waals surface area contributed by atoms with Crippen LogP contribution < -0.4 is 10.2 Å². The Morgan fingerprint density at radius 1 is 1.53 bits per heavy atom. The van der Waals surface area contributed by atoms with Gasteiger partial charge in [0.05, 0.1) is 5.69 Å². The smallest absolute Gasteiger partial charge is 0.339 e. The molecule has 0 amide bonds. The first-order chi connectivity index (χ1) is 9.13. The average molecular weight is 263 g/mol. The lowest BCUT2D eigenvalue weighted by Crippen LogP contribution is -2.43. The van der Waals surface area contributed by atoms with Crippen LogP contribution in [-0.4, -0.2) is 41.7 Å². The molecule has 5 heteroatoms. The maximum atomic E-state index is 11.4. The topological polar surface area (TPSA) is 65.5 Å². The fraction of sp³-hybridized carbons (Fsp3) is 0.571. The molecule has 1 aromatic heterocycles. The third-order valence-corrected chi connectivity index (χ3v) is 3.65. The van der Waals surface area contributed by atoms with Crippen molar-refractivity contribution in [2.24, 2.45) is 0 Å². The molecule has 1 aliphatic heterocycles. The largest absolute Gasteiger partial charge is 0.478 e. The lowest BCUT2D eigenvalue weighted by atomic mass is 10.0. The van der Waals surface area contributed by atoms with Crippen molar-refractivity contribution in [1.29, 1.82) is 0 Å². The molecule has 5 nitrogen and oxygen atoms in total. The van der Waals surface area contributed by atoms with Crippen LogP contribution >= 0.6 is 0 Å². The molecule has 104 valence electrons. The highest BCUT2D eigenvalue weighted by Gasteiger charge is 2.24. The zero-order valence-electron chi connectivity index (χ0n) is 11.5. The van der Waals surface area contributed by atoms with Gasteiger partial charge in [-0.05, 0) is 45.8 Å². The van der Waals surface area contributed by atoms with Crippen LogP contribution in [0.2, 0.25) is 0 Å². The number of hydrogen-bond donors (Lipinski definition) is 2. The number of pyridine rings is 1. The van der Waals surface area contributed by atoms with Crippen LogP contribution in [0.4, 0.5) is 5.69 Å². The molecule has 0 radical (unpaired) electrons. The maximum absolute atomic E-state index is 11.4. The highest BCUT2D eigenvalue weighted by atomic mass is 16.4. The van der Waals surface area contributed by atoms with Crippen LogP contribution in [-0.2, 0) is 0 Å². The van der Waals surface area contributed by atoms with Gasteiger partial charge in [-0.3, -0.25) is 4.98 Å². The van der Waals surface area contributed by atoms with Gasteiger partial charge in [0.2, 0.25) is 0 Å². The van der Waals surface area contributed by atoms with E-state index in [1.54, 1.807) is 0 Å². The van der Waals surface area contributed by atoms with Gasteiger partial charge in [0.15, 0.2) is 0 Å². The van der Waals surface area contributed by atoms with Gasteiger partial charge >= 0.3 is 5.97 Å². The molecule has 0 aromatic carbocycles. The Bertz CT molecular complexity index is 456. The molecule has 2 rings (SSSR count). The Kier molecular flexibility index (Phi) is 4.37. The number of piperidine rings is 1. The molecule has 0 spiro atoms. The van der Waals surface area contributed by atoms with Crippen molar-refractivity contribution in [2.45, 2.75) is 32.7 Å². The van der Waals surface area contributed by atoms with E-state index in [-0.39, 0.29) is 0 Å². The van der Waals surface area contributed by atoms with E-state index in [0.29, 0.717) is 11.6 Å². The Labute approximate surface area is 113 Å². The zero-order valence-corrected chi connectivity index (χ0v) is 11.5. The summed E-state index contributed by atoms with van der Waals surface area (Å²) in [6.45, 7) is 6.77. The predicted octanol–water partition coefficient (Wildman–Crippen LogP) is 1.67. The van der Waals surface area contributed by atoms with Gasteiger partial charge < -0.3 is 15.3 Å². The molecule has 0 aliphatic carbocycles. The minimum absolute atomic E-state index is 0.297. The molecular weight excluding hydrogens is 242 g/mol. The van der Waals surface area contributed by atoms with Gasteiger partial charge in [-0.25, -0.2) is 4.79 Å². The van der Waals surface area contributed by atoms with Crippen LogP contribution in [0.25, 0.3) is 0 Å². The molecule has 2 N–H and O–H groups in total. The number of anilines is 1. The minimum atomic E-state index is -0.908. The number of rotatable bonds is 4. The number of carboxylic acids is 1. The molecule has 0 bridgehead atoms. The zero-order chi connectivity index (χ0) is 13.8. The SMILES string of the molecule is CCN(c1cc(C)ncc1C(=O)O)C1CCNCC1. The minimum Gasteiger partial charge on any atom is -0.478 e. The monoisotopic (exact) mass is 263 g/mol. The first kappa shape index (κ1) is 13.8. The Hall–Kier alpha value is -1.62. The van der Waals surface area contributed by atoms with Crippen LogP contribution in [0.3, 0.4) is 0 Å². The molecule has 1 saturated heterocycles. The molecule has 19 heavy (non-hydrogen) atoms. The molecule has 2 heterocycles. The second-order valence-electron chi connectivity index (χ2n) is 4.92. The van der Waals surface area contributed by atoms with Crippen molar-refractivity contribution < 1.29 is 9.90 Å². The molecular formula is C14H21N3O2. The Morgan fingerprint density at radius 2 is 2.21 bits per heavy atom. The summed E-state index contributed by atoms with van der Waals surface area (Å²) < 4.78 is 0. The van der Waals surface area contributed by atoms with Gasteiger partial charge in [0.1, 0.15) is 5.56 Å². The summed E-state index contributed by atoms with van der Waals surface area (Å²) in [5, 5.41) is 12.7. The molecule has 1 aromatic rings. The van der Waals surface area contributed by atoms with Crippen LogP contribution in [0, 0.1) is 6.92 Å². The lowest BCUT2D eigenvalue weighted by Gasteiger charge is -2.36. The summed E-state index contributed by atoms with van der Waals surface area (Å²) in [5.74, 6) is -0.908. The van der Waals surface area contributed by atoms with E-state index in [2.05, 4.69) is 22.1 Å². The summed E-state index contributed by atoms with van der Waals surface area (Å²) in [6.07, 6.45) is 3.57. The van der Waals surface area contributed by atoms with Crippen molar-refractivity contribution in [3.8, 4) is 0 Å². The normalized spacial score (nSPS) is 16.3. The lowest BCUT2D eigenvalue weighted by molar-refractivity contribution is 0.0697. The van der Waals surface area contributed by atoms with Crippen molar-refractivity contribution in [3.63, 3.8) is 0 Å². The van der Waals surface area contributed by atoms with E-state index in [4.69, 9.17) is 0 Å². The number of aromatic carboxylic acids is 1. The van der Waals surface area contributed by atoms with Gasteiger partial charge in [-0.15, -0.1) is 0 Å². The second-order valence-corrected chi connectivity index (χ2v) is 4.92. The predicted molar refractivity (Wildman–Crippen MR) is 74.8 cm³/mol. The van der Waals surface area contributed by atoms with Crippen LogP contribution in [0.1, 0.15) is 35.8 Å². The average Bonchev–Trinajstić information content (AvgIpc) is 2.40. The number of aryl methyl sites for hydroxylation is 1. The van der Waals surface area contributed by atoms with E-state index in [0.717, 1.165) is 43.9 Å². The number of nitrogens with zero attached hydrogens (tertiary/aromatic N) is 2. The van der Waals surface area contributed by atoms with E-state index in [1.807, 2.05) is 13.0 Å². The van der Waals surface area contributed by atoms with Crippen molar-refractivity contribution in [2.75, 3.05) is 24.5 Å². The van der Waals surface area contributed by atoms with E-state index in [9.17, 15) is 9.90 Å². The number of aromatic nitrogens is 1. The van der Waals surface area contributed by atoms with E-state index < -0.39 is 5.97 Å². The Balaban J connectivity index is 2.35. The Morgan fingerprint density at radius 3 is 2.79 bits per heavy atom. The molecule has 1 fully saturated rings. The number of hydrogen-bond acceptors (Lipinski definition) is 4. The fourth-order valence-corrected chi connectivity index (χ4v) is 2.69. The molecule has 1 aliphatic rings. The third-order valence-electron chi connectivity index (χ3n) is 3.65. The molecule has 0 saturated carbocycles. The van der Waals surface area contributed by atoms with Crippen LogP contribution in [0.15, 0.2) is 12.3 Å². The highest BCUT2D eigenvalue weighted by molar-refractivity contribution is 5.94. The van der Waals surface area contributed by atoms with Crippen LogP contribution in [0.5, 0.6) is 0 Å². The van der Waals surface area contributed by atoms with E-state index in [1.165, 1.54) is 6.20 Å². The summed E-state index contributed by atoms with van der Waals surface area (Å²) in [5.41, 5.74) is 1.95.